The topological polar surface area (TPSA) is 0 Å². The van der Waals surface area contributed by atoms with Gasteiger partial charge in [0.25, 0.3) is 0 Å². The molecule has 94 valence electrons. The van der Waals surface area contributed by atoms with Gasteiger partial charge in [-0.2, -0.15) is 11.8 Å². The van der Waals surface area contributed by atoms with Crippen molar-refractivity contribution in [2.45, 2.75) is 18.6 Å². The predicted octanol–water partition coefficient (Wildman–Crippen LogP) is 4.69. The minimum absolute atomic E-state index is 0.159. The summed E-state index contributed by atoms with van der Waals surface area (Å²) in [6.45, 7) is 0. The van der Waals surface area contributed by atoms with Gasteiger partial charge in [0.05, 0.1) is 0 Å². The Balaban J connectivity index is 1.63. The second-order valence-corrected chi connectivity index (χ2v) is 5.37. The van der Waals surface area contributed by atoms with Gasteiger partial charge in [0.1, 0.15) is 5.82 Å². The molecular weight excluding hydrogens is 243 g/mol. The zero-order valence-corrected chi connectivity index (χ0v) is 11.1. The van der Waals surface area contributed by atoms with Crippen molar-refractivity contribution in [3.63, 3.8) is 0 Å². The molecule has 0 nitrogen and oxygen atoms in total. The molecule has 2 aromatic carbocycles. The monoisotopic (exact) mass is 260 g/mol. The highest BCUT2D eigenvalue weighted by atomic mass is 32.2. The molecule has 18 heavy (non-hydrogen) atoms. The zero-order valence-electron chi connectivity index (χ0n) is 10.3. The lowest BCUT2D eigenvalue weighted by Gasteiger charge is -2.03. The third kappa shape index (κ3) is 4.53. The molecule has 2 rings (SSSR count). The summed E-state index contributed by atoms with van der Waals surface area (Å²) in [5, 5.41) is 0. The van der Waals surface area contributed by atoms with Crippen molar-refractivity contribution in [2.75, 3.05) is 5.75 Å². The highest BCUT2D eigenvalue weighted by Crippen LogP contribution is 2.15. The van der Waals surface area contributed by atoms with Crippen molar-refractivity contribution in [3.8, 4) is 0 Å². The van der Waals surface area contributed by atoms with E-state index in [0.717, 1.165) is 17.9 Å². The second kappa shape index (κ2) is 7.22. The van der Waals surface area contributed by atoms with E-state index < -0.39 is 0 Å². The van der Waals surface area contributed by atoms with Crippen molar-refractivity contribution >= 4 is 11.8 Å². The highest BCUT2D eigenvalue weighted by Gasteiger charge is 1.96. The summed E-state index contributed by atoms with van der Waals surface area (Å²) in [6.07, 6.45) is 2.33. The summed E-state index contributed by atoms with van der Waals surface area (Å²) in [7, 11) is 0. The number of rotatable bonds is 6. The van der Waals surface area contributed by atoms with Crippen molar-refractivity contribution in [3.05, 3.63) is 71.5 Å². The smallest absolute Gasteiger partial charge is 0.123 e. The molecule has 0 aliphatic carbocycles. The van der Waals surface area contributed by atoms with E-state index in [-0.39, 0.29) is 5.82 Å². The molecule has 0 aliphatic heterocycles. The molecule has 0 heterocycles. The van der Waals surface area contributed by atoms with E-state index in [9.17, 15) is 4.39 Å². The number of halogens is 1. The lowest BCUT2D eigenvalue weighted by Crippen LogP contribution is -1.88. The van der Waals surface area contributed by atoms with Crippen LogP contribution in [-0.2, 0) is 12.2 Å². The Hall–Kier alpha value is -1.28. The van der Waals surface area contributed by atoms with Crippen molar-refractivity contribution in [2.24, 2.45) is 0 Å². The molecule has 0 aliphatic rings. The third-order valence-corrected chi connectivity index (χ3v) is 3.89. The average molecular weight is 260 g/mol. The van der Waals surface area contributed by atoms with Crippen molar-refractivity contribution in [1.82, 2.24) is 0 Å². The Morgan fingerprint density at radius 3 is 2.28 bits per heavy atom. The lowest BCUT2D eigenvalue weighted by atomic mass is 10.1. The van der Waals surface area contributed by atoms with Gasteiger partial charge in [-0.1, -0.05) is 42.5 Å². The molecule has 0 radical (unpaired) electrons. The van der Waals surface area contributed by atoms with Crippen LogP contribution in [0.3, 0.4) is 0 Å². The van der Waals surface area contributed by atoms with Crippen LogP contribution in [0.25, 0.3) is 0 Å². The maximum Gasteiger partial charge on any atom is 0.123 e. The van der Waals surface area contributed by atoms with Crippen LogP contribution in [0, 0.1) is 5.82 Å². The fourth-order valence-corrected chi connectivity index (χ4v) is 2.71. The summed E-state index contributed by atoms with van der Waals surface area (Å²) < 4.78 is 12.7. The number of hydrogen-bond donors (Lipinski definition) is 0. The number of hydrogen-bond acceptors (Lipinski definition) is 1. The number of aryl methyl sites for hydroxylation is 1. The van der Waals surface area contributed by atoms with E-state index in [1.807, 2.05) is 30.0 Å². The van der Waals surface area contributed by atoms with Gasteiger partial charge in [0, 0.05) is 5.75 Å². The maximum atomic E-state index is 12.7. The quantitative estimate of drug-likeness (QED) is 0.679. The summed E-state index contributed by atoms with van der Waals surface area (Å²) in [5.74, 6) is 1.95. The van der Waals surface area contributed by atoms with Gasteiger partial charge in [0.2, 0.25) is 0 Å². The van der Waals surface area contributed by atoms with E-state index in [1.165, 1.54) is 29.7 Å². The van der Waals surface area contributed by atoms with Gasteiger partial charge in [-0.3, -0.25) is 0 Å². The van der Waals surface area contributed by atoms with E-state index in [0.29, 0.717) is 0 Å². The SMILES string of the molecule is Fc1ccc(CSCCCc2ccccc2)cc1. The largest absolute Gasteiger partial charge is 0.207 e. The van der Waals surface area contributed by atoms with Gasteiger partial charge >= 0.3 is 0 Å². The molecule has 0 N–H and O–H groups in total. The summed E-state index contributed by atoms with van der Waals surface area (Å²) in [6, 6.07) is 17.3. The van der Waals surface area contributed by atoms with E-state index in [1.54, 1.807) is 0 Å². The van der Waals surface area contributed by atoms with Crippen molar-refractivity contribution < 1.29 is 4.39 Å². The Labute approximate surface area is 112 Å². The van der Waals surface area contributed by atoms with E-state index in [4.69, 9.17) is 0 Å². The molecule has 2 aromatic rings. The molecule has 0 spiro atoms. The van der Waals surface area contributed by atoms with Crippen LogP contribution in [0.1, 0.15) is 17.5 Å². The van der Waals surface area contributed by atoms with Crippen LogP contribution in [-0.4, -0.2) is 5.75 Å². The normalized spacial score (nSPS) is 10.5. The minimum atomic E-state index is -0.159. The van der Waals surface area contributed by atoms with Gasteiger partial charge in [-0.05, 0) is 41.9 Å². The molecule has 0 amide bonds. The van der Waals surface area contributed by atoms with Gasteiger partial charge < -0.3 is 0 Å². The first-order valence-electron chi connectivity index (χ1n) is 6.21. The first-order valence-corrected chi connectivity index (χ1v) is 7.36. The molecule has 0 bridgehead atoms. The van der Waals surface area contributed by atoms with Crippen LogP contribution in [0.15, 0.2) is 54.6 Å². The fourth-order valence-electron chi connectivity index (χ4n) is 1.79. The minimum Gasteiger partial charge on any atom is -0.207 e. The first kappa shape index (κ1) is 13.2. The molecule has 0 atom stereocenters. The Morgan fingerprint density at radius 1 is 0.833 bits per heavy atom. The Morgan fingerprint density at radius 2 is 1.56 bits per heavy atom. The van der Waals surface area contributed by atoms with Gasteiger partial charge in [-0.25, -0.2) is 4.39 Å². The van der Waals surface area contributed by atoms with Crippen LogP contribution in [0.5, 0.6) is 0 Å². The Bertz CT molecular complexity index is 450. The fraction of sp³-hybridized carbons (Fsp3) is 0.250. The lowest BCUT2D eigenvalue weighted by molar-refractivity contribution is 0.627. The van der Waals surface area contributed by atoms with Crippen LogP contribution >= 0.6 is 11.8 Å². The summed E-state index contributed by atoms with van der Waals surface area (Å²) in [4.78, 5) is 0. The predicted molar refractivity (Wildman–Crippen MR) is 77.3 cm³/mol. The Kier molecular flexibility index (Phi) is 5.28. The van der Waals surface area contributed by atoms with Gasteiger partial charge in [-0.15, -0.1) is 0 Å². The average Bonchev–Trinajstić information content (AvgIpc) is 2.42. The summed E-state index contributed by atoms with van der Waals surface area (Å²) >= 11 is 1.91. The molecule has 2 heteroatoms. The molecule has 0 saturated heterocycles. The number of benzene rings is 2. The third-order valence-electron chi connectivity index (χ3n) is 2.78. The van der Waals surface area contributed by atoms with E-state index >= 15 is 0 Å². The second-order valence-electron chi connectivity index (χ2n) is 4.27. The zero-order chi connectivity index (χ0) is 12.6. The van der Waals surface area contributed by atoms with Gasteiger partial charge in [0.15, 0.2) is 0 Å². The first-order chi connectivity index (χ1) is 8.84. The summed E-state index contributed by atoms with van der Waals surface area (Å²) in [5.41, 5.74) is 2.60. The highest BCUT2D eigenvalue weighted by molar-refractivity contribution is 7.98. The molecule has 0 fully saturated rings. The molecule has 0 aromatic heterocycles. The van der Waals surface area contributed by atoms with Crippen LogP contribution in [0.4, 0.5) is 4.39 Å². The van der Waals surface area contributed by atoms with Crippen LogP contribution < -0.4 is 0 Å². The van der Waals surface area contributed by atoms with E-state index in [2.05, 4.69) is 24.3 Å². The maximum absolute atomic E-state index is 12.7. The molecule has 0 unspecified atom stereocenters. The van der Waals surface area contributed by atoms with Crippen molar-refractivity contribution in [1.29, 1.82) is 0 Å². The molecular formula is C16H17FS. The standard InChI is InChI=1S/C16H17FS/c17-16-10-8-15(9-11-16)13-18-12-4-7-14-5-2-1-3-6-14/h1-3,5-6,8-11H,4,7,12-13H2. The number of thioether (sulfide) groups is 1. The molecule has 0 saturated carbocycles. The van der Waals surface area contributed by atoms with Crippen LogP contribution in [0.2, 0.25) is 0 Å².